The number of rotatable bonds is 2. The van der Waals surface area contributed by atoms with Crippen LogP contribution in [0.2, 0.25) is 0 Å². The van der Waals surface area contributed by atoms with Crippen molar-refractivity contribution in [1.29, 1.82) is 0 Å². The Morgan fingerprint density at radius 1 is 1.50 bits per heavy atom. The first kappa shape index (κ1) is 13.2. The summed E-state index contributed by atoms with van der Waals surface area (Å²) < 4.78 is 7.25. The molecule has 2 aromatic heterocycles. The van der Waals surface area contributed by atoms with Gasteiger partial charge < -0.3 is 9.64 Å². The maximum Gasteiger partial charge on any atom is 0.262 e. The van der Waals surface area contributed by atoms with Gasteiger partial charge in [0, 0.05) is 37.9 Å². The summed E-state index contributed by atoms with van der Waals surface area (Å²) in [5.41, 5.74) is 0.658. The molecule has 3 rings (SSSR count). The first-order chi connectivity index (χ1) is 9.74. The second kappa shape index (κ2) is 5.68. The van der Waals surface area contributed by atoms with Crippen molar-refractivity contribution in [2.45, 2.75) is 6.54 Å². The van der Waals surface area contributed by atoms with E-state index in [1.54, 1.807) is 29.4 Å². The topological polar surface area (TPSA) is 60.2 Å². The van der Waals surface area contributed by atoms with Crippen LogP contribution in [0.25, 0.3) is 10.9 Å². The molecule has 0 bridgehead atoms. The number of nitrogens with zero attached hydrogens (tertiary/aromatic N) is 4. The predicted octanol–water partition coefficient (Wildman–Crippen LogP) is 0.370. The molecule has 1 saturated heterocycles. The van der Waals surface area contributed by atoms with Crippen LogP contribution in [0, 0.1) is 5.92 Å². The van der Waals surface area contributed by atoms with Gasteiger partial charge in [-0.3, -0.25) is 14.3 Å². The van der Waals surface area contributed by atoms with E-state index >= 15 is 0 Å². The molecule has 20 heavy (non-hydrogen) atoms. The van der Waals surface area contributed by atoms with Gasteiger partial charge in [0.15, 0.2) is 0 Å². The number of likely N-dealkylation sites (N-methyl/N-ethyl adjacent to an activating group) is 1. The molecule has 1 aliphatic heterocycles. The highest BCUT2D eigenvalue weighted by molar-refractivity contribution is 5.75. The van der Waals surface area contributed by atoms with E-state index in [0.29, 0.717) is 30.0 Å². The molecule has 0 unspecified atom stereocenters. The van der Waals surface area contributed by atoms with E-state index in [2.05, 4.69) is 21.9 Å². The lowest BCUT2D eigenvalue weighted by atomic mass is 10.1. The summed E-state index contributed by atoms with van der Waals surface area (Å²) in [6.07, 6.45) is 4.85. The van der Waals surface area contributed by atoms with Crippen LogP contribution in [-0.4, -0.2) is 52.8 Å². The van der Waals surface area contributed by atoms with Crippen molar-refractivity contribution in [1.82, 2.24) is 19.4 Å². The van der Waals surface area contributed by atoms with Crippen molar-refractivity contribution in [3.63, 3.8) is 0 Å². The normalized spacial score (nSPS) is 20.9. The zero-order valence-corrected chi connectivity index (χ0v) is 11.5. The molecule has 0 amide bonds. The summed E-state index contributed by atoms with van der Waals surface area (Å²) in [7, 11) is 2.08. The van der Waals surface area contributed by atoms with Gasteiger partial charge in [-0.05, 0) is 13.1 Å². The zero-order valence-electron chi connectivity index (χ0n) is 11.5. The van der Waals surface area contributed by atoms with Crippen LogP contribution in [0.4, 0.5) is 0 Å². The highest BCUT2D eigenvalue weighted by Gasteiger charge is 2.17. The number of hydrogen-bond donors (Lipinski definition) is 0. The van der Waals surface area contributed by atoms with E-state index in [1.807, 2.05) is 0 Å². The van der Waals surface area contributed by atoms with Crippen molar-refractivity contribution in [2.24, 2.45) is 5.92 Å². The Balaban J connectivity index is 1.87. The maximum atomic E-state index is 12.4. The predicted molar refractivity (Wildman–Crippen MR) is 75.6 cm³/mol. The van der Waals surface area contributed by atoms with E-state index in [9.17, 15) is 4.79 Å². The number of aromatic nitrogens is 3. The van der Waals surface area contributed by atoms with Crippen LogP contribution < -0.4 is 5.56 Å². The quantitative estimate of drug-likeness (QED) is 0.792. The Hall–Kier alpha value is -1.79. The van der Waals surface area contributed by atoms with Gasteiger partial charge in [-0.1, -0.05) is 0 Å². The molecule has 1 fully saturated rings. The lowest BCUT2D eigenvalue weighted by molar-refractivity contribution is 0.117. The van der Waals surface area contributed by atoms with Gasteiger partial charge in [0.25, 0.3) is 5.56 Å². The average molecular weight is 274 g/mol. The van der Waals surface area contributed by atoms with Crippen LogP contribution in [0.3, 0.4) is 0 Å². The summed E-state index contributed by atoms with van der Waals surface area (Å²) in [5, 5.41) is 0.567. The van der Waals surface area contributed by atoms with Gasteiger partial charge in [0.2, 0.25) is 0 Å². The zero-order chi connectivity index (χ0) is 13.9. The number of fused-ring (bicyclic) bond motifs is 1. The minimum Gasteiger partial charge on any atom is -0.380 e. The van der Waals surface area contributed by atoms with E-state index in [0.717, 1.165) is 19.7 Å². The minimum atomic E-state index is -0.0324. The van der Waals surface area contributed by atoms with Gasteiger partial charge in [0.1, 0.15) is 0 Å². The fourth-order valence-electron chi connectivity index (χ4n) is 2.58. The van der Waals surface area contributed by atoms with Crippen molar-refractivity contribution in [3.8, 4) is 0 Å². The molecule has 0 aliphatic carbocycles. The van der Waals surface area contributed by atoms with E-state index in [1.165, 1.54) is 0 Å². The lowest BCUT2D eigenvalue weighted by Gasteiger charge is -2.19. The Kier molecular flexibility index (Phi) is 3.75. The van der Waals surface area contributed by atoms with Crippen LogP contribution in [0.15, 0.2) is 29.6 Å². The van der Waals surface area contributed by atoms with Crippen LogP contribution in [-0.2, 0) is 11.3 Å². The van der Waals surface area contributed by atoms with Crippen molar-refractivity contribution in [2.75, 3.05) is 33.4 Å². The summed E-state index contributed by atoms with van der Waals surface area (Å²) in [4.78, 5) is 23.0. The molecule has 0 saturated carbocycles. The molecule has 0 spiro atoms. The number of pyridine rings is 1. The summed E-state index contributed by atoms with van der Waals surface area (Å²) in [6, 6.07) is 1.75. The molecule has 0 radical (unpaired) electrons. The monoisotopic (exact) mass is 274 g/mol. The third-order valence-electron chi connectivity index (χ3n) is 3.62. The first-order valence-corrected chi connectivity index (χ1v) is 6.79. The van der Waals surface area contributed by atoms with E-state index < -0.39 is 0 Å². The second-order valence-corrected chi connectivity index (χ2v) is 5.30. The Morgan fingerprint density at radius 2 is 2.40 bits per heavy atom. The Morgan fingerprint density at radius 3 is 3.30 bits per heavy atom. The largest absolute Gasteiger partial charge is 0.380 e. The van der Waals surface area contributed by atoms with Gasteiger partial charge in [-0.15, -0.1) is 0 Å². The number of ether oxygens (including phenoxy) is 1. The minimum absolute atomic E-state index is 0.0324. The second-order valence-electron chi connectivity index (χ2n) is 5.30. The van der Waals surface area contributed by atoms with Gasteiger partial charge in [-0.25, -0.2) is 4.98 Å². The van der Waals surface area contributed by atoms with Crippen LogP contribution in [0.1, 0.15) is 0 Å². The molecule has 106 valence electrons. The standard InChI is InChI=1S/C14H18N4O2/c1-17-4-5-20-9-11(7-17)8-18-10-16-13-2-3-15-6-12(13)14(18)19/h2-3,6,10-11H,4-5,7-9H2,1H3/t11-/m0/s1. The fraction of sp³-hybridized carbons (Fsp3) is 0.500. The van der Waals surface area contributed by atoms with Crippen LogP contribution >= 0.6 is 0 Å². The molecule has 6 nitrogen and oxygen atoms in total. The SMILES string of the molecule is CN1CCOC[C@H](Cn2cnc3ccncc3c2=O)C1. The van der Waals surface area contributed by atoms with E-state index in [-0.39, 0.29) is 5.56 Å². The van der Waals surface area contributed by atoms with Gasteiger partial charge >= 0.3 is 0 Å². The first-order valence-electron chi connectivity index (χ1n) is 6.79. The van der Waals surface area contributed by atoms with Gasteiger partial charge in [0.05, 0.1) is 30.4 Å². The van der Waals surface area contributed by atoms with Crippen molar-refractivity contribution in [3.05, 3.63) is 35.1 Å². The molecule has 3 heterocycles. The highest BCUT2D eigenvalue weighted by atomic mass is 16.5. The molecule has 0 aromatic carbocycles. The van der Waals surface area contributed by atoms with E-state index in [4.69, 9.17) is 4.74 Å². The smallest absolute Gasteiger partial charge is 0.262 e. The maximum absolute atomic E-state index is 12.4. The third kappa shape index (κ3) is 2.71. The molecule has 1 aliphatic rings. The average Bonchev–Trinajstić information content (AvgIpc) is 2.66. The highest BCUT2D eigenvalue weighted by Crippen LogP contribution is 2.09. The van der Waals surface area contributed by atoms with Crippen molar-refractivity contribution >= 4 is 10.9 Å². The summed E-state index contributed by atoms with van der Waals surface area (Å²) >= 11 is 0. The summed E-state index contributed by atoms with van der Waals surface area (Å²) in [6.45, 7) is 3.92. The molecule has 2 aromatic rings. The lowest BCUT2D eigenvalue weighted by Crippen LogP contribution is -2.32. The molecular weight excluding hydrogens is 256 g/mol. The molecular formula is C14H18N4O2. The molecule has 0 N–H and O–H groups in total. The number of hydrogen-bond acceptors (Lipinski definition) is 5. The fourth-order valence-corrected chi connectivity index (χ4v) is 2.58. The third-order valence-corrected chi connectivity index (χ3v) is 3.62. The summed E-state index contributed by atoms with van der Waals surface area (Å²) in [5.74, 6) is 0.302. The molecule has 6 heteroatoms. The van der Waals surface area contributed by atoms with Crippen LogP contribution in [0.5, 0.6) is 0 Å². The van der Waals surface area contributed by atoms with Gasteiger partial charge in [-0.2, -0.15) is 0 Å². The Bertz CT molecular complexity index is 655. The molecule has 1 atom stereocenters. The van der Waals surface area contributed by atoms with Crippen molar-refractivity contribution < 1.29 is 4.74 Å². The Labute approximate surface area is 117 Å².